The van der Waals surface area contributed by atoms with Crippen molar-refractivity contribution in [2.75, 3.05) is 19.6 Å². The van der Waals surface area contributed by atoms with E-state index in [1.807, 2.05) is 6.07 Å². The van der Waals surface area contributed by atoms with E-state index in [-0.39, 0.29) is 5.91 Å². The Hall–Kier alpha value is -0.330. The molecule has 0 aliphatic carbocycles. The van der Waals surface area contributed by atoms with Crippen LogP contribution < -0.4 is 10.6 Å². The summed E-state index contributed by atoms with van der Waals surface area (Å²) in [6.07, 6.45) is 2.25. The van der Waals surface area contributed by atoms with E-state index in [2.05, 4.69) is 33.2 Å². The molecule has 2 rings (SSSR count). The maximum Gasteiger partial charge on any atom is 0.251 e. The highest BCUT2D eigenvalue weighted by Crippen LogP contribution is 2.19. The summed E-state index contributed by atoms with van der Waals surface area (Å²) in [5, 5.41) is 6.90. The fourth-order valence-corrected chi connectivity index (χ4v) is 2.61. The molecule has 5 heteroatoms. The minimum absolute atomic E-state index is 0.0424. The minimum Gasteiger partial charge on any atom is -0.352 e. The molecule has 1 amide bonds. The molecule has 3 nitrogen and oxygen atoms in total. The van der Waals surface area contributed by atoms with Gasteiger partial charge >= 0.3 is 0 Å². The Labute approximate surface area is 126 Å². The van der Waals surface area contributed by atoms with Crippen LogP contribution in [0.4, 0.5) is 0 Å². The lowest BCUT2D eigenvalue weighted by molar-refractivity contribution is 0.0951. The van der Waals surface area contributed by atoms with Gasteiger partial charge in [-0.1, -0.05) is 11.6 Å². The standard InChI is InChI=1S/C13H16ClIN2O/c14-11-7-10(1-2-12(11)15)13(18)17-6-4-9-3-5-16-8-9/h1-2,7,9,16H,3-6,8H2,(H,17,18). The highest BCUT2D eigenvalue weighted by Gasteiger charge is 2.14. The van der Waals surface area contributed by atoms with E-state index in [0.717, 1.165) is 29.6 Å². The maximum absolute atomic E-state index is 11.9. The van der Waals surface area contributed by atoms with Crippen molar-refractivity contribution in [1.82, 2.24) is 10.6 Å². The lowest BCUT2D eigenvalue weighted by atomic mass is 10.1. The molecule has 1 saturated heterocycles. The van der Waals surface area contributed by atoms with Crippen molar-refractivity contribution in [3.8, 4) is 0 Å². The zero-order chi connectivity index (χ0) is 13.0. The first kappa shape index (κ1) is 14.1. The summed E-state index contributed by atoms with van der Waals surface area (Å²) >= 11 is 8.15. The van der Waals surface area contributed by atoms with Crippen molar-refractivity contribution in [1.29, 1.82) is 0 Å². The monoisotopic (exact) mass is 378 g/mol. The number of halogens is 2. The van der Waals surface area contributed by atoms with Gasteiger partial charge in [0.25, 0.3) is 5.91 Å². The molecule has 18 heavy (non-hydrogen) atoms. The summed E-state index contributed by atoms with van der Waals surface area (Å²) in [5.74, 6) is 0.657. The second kappa shape index (κ2) is 6.73. The molecule has 1 aromatic rings. The Kier molecular flexibility index (Phi) is 5.26. The molecule has 0 radical (unpaired) electrons. The van der Waals surface area contributed by atoms with Crippen LogP contribution >= 0.6 is 34.2 Å². The predicted octanol–water partition coefficient (Wildman–Crippen LogP) is 2.67. The van der Waals surface area contributed by atoms with Gasteiger partial charge in [0, 0.05) is 15.7 Å². The number of benzene rings is 1. The number of amides is 1. The van der Waals surface area contributed by atoms with Gasteiger partial charge in [-0.05, 0) is 72.6 Å². The Morgan fingerprint density at radius 2 is 2.39 bits per heavy atom. The number of hydrogen-bond donors (Lipinski definition) is 2. The second-order valence-corrected chi connectivity index (χ2v) is 6.10. The third-order valence-corrected chi connectivity index (χ3v) is 4.75. The molecular formula is C13H16ClIN2O. The number of hydrogen-bond acceptors (Lipinski definition) is 2. The van der Waals surface area contributed by atoms with Gasteiger partial charge in [-0.2, -0.15) is 0 Å². The van der Waals surface area contributed by atoms with Crippen LogP contribution in [0.1, 0.15) is 23.2 Å². The summed E-state index contributed by atoms with van der Waals surface area (Å²) in [6.45, 7) is 2.91. The van der Waals surface area contributed by atoms with Crippen molar-refractivity contribution < 1.29 is 4.79 Å². The largest absolute Gasteiger partial charge is 0.352 e. The van der Waals surface area contributed by atoms with E-state index in [1.165, 1.54) is 6.42 Å². The molecule has 0 aromatic heterocycles. The van der Waals surface area contributed by atoms with E-state index in [0.29, 0.717) is 16.5 Å². The molecule has 1 aliphatic heterocycles. The van der Waals surface area contributed by atoms with Crippen molar-refractivity contribution in [3.05, 3.63) is 32.4 Å². The van der Waals surface area contributed by atoms with Gasteiger partial charge in [0.1, 0.15) is 0 Å². The lowest BCUT2D eigenvalue weighted by Crippen LogP contribution is -2.26. The molecule has 2 N–H and O–H groups in total. The lowest BCUT2D eigenvalue weighted by Gasteiger charge is -2.09. The van der Waals surface area contributed by atoms with Gasteiger partial charge in [-0.25, -0.2) is 0 Å². The summed E-state index contributed by atoms with van der Waals surface area (Å²) in [7, 11) is 0. The Morgan fingerprint density at radius 3 is 3.06 bits per heavy atom. The maximum atomic E-state index is 11.9. The first-order valence-electron chi connectivity index (χ1n) is 6.11. The molecule has 0 spiro atoms. The number of nitrogens with one attached hydrogen (secondary N) is 2. The Bertz CT molecular complexity index is 433. The van der Waals surface area contributed by atoms with Gasteiger partial charge in [-0.3, -0.25) is 4.79 Å². The van der Waals surface area contributed by atoms with Crippen LogP contribution in [0.15, 0.2) is 18.2 Å². The first-order valence-corrected chi connectivity index (χ1v) is 7.56. The molecule has 1 aliphatic rings. The average molecular weight is 379 g/mol. The third-order valence-electron chi connectivity index (χ3n) is 3.18. The van der Waals surface area contributed by atoms with E-state index in [4.69, 9.17) is 11.6 Å². The molecule has 0 bridgehead atoms. The minimum atomic E-state index is -0.0424. The van der Waals surface area contributed by atoms with Crippen molar-refractivity contribution in [2.24, 2.45) is 5.92 Å². The Morgan fingerprint density at radius 1 is 1.56 bits per heavy atom. The normalized spacial score (nSPS) is 18.9. The zero-order valence-electron chi connectivity index (χ0n) is 10.0. The van der Waals surface area contributed by atoms with Crippen LogP contribution in [0.5, 0.6) is 0 Å². The number of carbonyl (C=O) groups is 1. The molecule has 1 unspecified atom stereocenters. The van der Waals surface area contributed by atoms with Crippen molar-refractivity contribution >= 4 is 40.1 Å². The summed E-state index contributed by atoms with van der Waals surface area (Å²) in [4.78, 5) is 11.9. The van der Waals surface area contributed by atoms with E-state index >= 15 is 0 Å². The fraction of sp³-hybridized carbons (Fsp3) is 0.462. The van der Waals surface area contributed by atoms with E-state index < -0.39 is 0 Å². The quantitative estimate of drug-likeness (QED) is 0.791. The molecule has 1 aromatic carbocycles. The van der Waals surface area contributed by atoms with E-state index in [9.17, 15) is 4.79 Å². The number of rotatable bonds is 4. The third kappa shape index (κ3) is 3.83. The summed E-state index contributed by atoms with van der Waals surface area (Å²) in [6, 6.07) is 5.38. The van der Waals surface area contributed by atoms with Gasteiger partial charge < -0.3 is 10.6 Å². The summed E-state index contributed by atoms with van der Waals surface area (Å²) in [5.41, 5.74) is 0.630. The highest BCUT2D eigenvalue weighted by molar-refractivity contribution is 14.1. The van der Waals surface area contributed by atoms with Crippen LogP contribution in [0, 0.1) is 9.49 Å². The van der Waals surface area contributed by atoms with Crippen molar-refractivity contribution in [2.45, 2.75) is 12.8 Å². The predicted molar refractivity (Wildman–Crippen MR) is 82.1 cm³/mol. The SMILES string of the molecule is O=C(NCCC1CCNC1)c1ccc(I)c(Cl)c1. The van der Waals surface area contributed by atoms with Gasteiger partial charge in [-0.15, -0.1) is 0 Å². The smallest absolute Gasteiger partial charge is 0.251 e. The van der Waals surface area contributed by atoms with E-state index in [1.54, 1.807) is 12.1 Å². The molecule has 0 saturated carbocycles. The molecule has 1 atom stereocenters. The molecular weight excluding hydrogens is 363 g/mol. The molecule has 98 valence electrons. The summed E-state index contributed by atoms with van der Waals surface area (Å²) < 4.78 is 0.961. The molecule has 1 fully saturated rings. The number of carbonyl (C=O) groups excluding carboxylic acids is 1. The van der Waals surface area contributed by atoms with Gasteiger partial charge in [0.2, 0.25) is 0 Å². The average Bonchev–Trinajstić information content (AvgIpc) is 2.85. The molecule has 1 heterocycles. The van der Waals surface area contributed by atoms with Crippen LogP contribution in [-0.4, -0.2) is 25.5 Å². The highest BCUT2D eigenvalue weighted by atomic mass is 127. The fourth-order valence-electron chi connectivity index (χ4n) is 2.09. The topological polar surface area (TPSA) is 41.1 Å². The first-order chi connectivity index (χ1) is 8.66. The zero-order valence-corrected chi connectivity index (χ0v) is 12.9. The van der Waals surface area contributed by atoms with Crippen LogP contribution in [0.25, 0.3) is 0 Å². The van der Waals surface area contributed by atoms with Crippen molar-refractivity contribution in [3.63, 3.8) is 0 Å². The second-order valence-electron chi connectivity index (χ2n) is 4.53. The van der Waals surface area contributed by atoms with Crippen LogP contribution in [0.2, 0.25) is 5.02 Å². The van der Waals surface area contributed by atoms with Gasteiger partial charge in [0.15, 0.2) is 0 Å². The van der Waals surface area contributed by atoms with Crippen LogP contribution in [0.3, 0.4) is 0 Å². The van der Waals surface area contributed by atoms with Crippen LogP contribution in [-0.2, 0) is 0 Å². The Balaban J connectivity index is 1.81. The van der Waals surface area contributed by atoms with Gasteiger partial charge in [0.05, 0.1) is 5.02 Å².